The summed E-state index contributed by atoms with van der Waals surface area (Å²) in [5, 5.41) is 0. The second-order valence-electron chi connectivity index (χ2n) is 3.13. The number of hydrogen-bond acceptors (Lipinski definition) is 1. The molecule has 1 rings (SSSR count). The largest absolute Gasteiger partial charge is 0.300 e. The summed E-state index contributed by atoms with van der Waals surface area (Å²) >= 11 is 0. The lowest BCUT2D eigenvalue weighted by Crippen LogP contribution is -1.94. The lowest BCUT2D eigenvalue weighted by atomic mass is 10.1. The fourth-order valence-corrected chi connectivity index (χ4v) is 1.14. The monoisotopic (exact) mass is 216 g/mol. The zero-order valence-corrected chi connectivity index (χ0v) is 10.3. The van der Waals surface area contributed by atoms with Gasteiger partial charge < -0.3 is 0 Å². The molecule has 0 aliphatic rings. The van der Waals surface area contributed by atoms with Gasteiger partial charge in [0.25, 0.3) is 0 Å². The van der Waals surface area contributed by atoms with Gasteiger partial charge in [0.2, 0.25) is 0 Å². The van der Waals surface area contributed by atoms with Gasteiger partial charge in [-0.15, -0.1) is 0 Å². The summed E-state index contributed by atoms with van der Waals surface area (Å²) in [6.45, 7) is 5.60. The van der Waals surface area contributed by atoms with Crippen LogP contribution in [0.2, 0.25) is 0 Å². The summed E-state index contributed by atoms with van der Waals surface area (Å²) in [6.07, 6.45) is 0.498. The summed E-state index contributed by atoms with van der Waals surface area (Å²) in [7, 11) is 0. The van der Waals surface area contributed by atoms with E-state index >= 15 is 0 Å². The number of ketones is 1. The summed E-state index contributed by atoms with van der Waals surface area (Å²) in [4.78, 5) is 10.9. The molecular formula is C15H20O. The van der Waals surface area contributed by atoms with Crippen molar-refractivity contribution in [1.82, 2.24) is 0 Å². The van der Waals surface area contributed by atoms with Crippen LogP contribution in [0, 0.1) is 0 Å². The maximum absolute atomic E-state index is 10.9. The minimum absolute atomic E-state index is 0.186. The number of rotatable bonds is 2. The quantitative estimate of drug-likeness (QED) is 0.731. The molecular weight excluding hydrogens is 196 g/mol. The highest BCUT2D eigenvalue weighted by Crippen LogP contribution is 1.96. The summed E-state index contributed by atoms with van der Waals surface area (Å²) in [6, 6.07) is 17.6. The molecule has 86 valence electrons. The Balaban J connectivity index is 0.00000106. The van der Waals surface area contributed by atoms with Crippen molar-refractivity contribution >= 4 is 5.78 Å². The second-order valence-corrected chi connectivity index (χ2v) is 3.13. The second kappa shape index (κ2) is 9.91. The average molecular weight is 216 g/mol. The third-order valence-corrected chi connectivity index (χ3v) is 1.74. The van der Waals surface area contributed by atoms with Crippen molar-refractivity contribution in [2.75, 3.05) is 0 Å². The number of carbonyl (C=O) groups is 1. The minimum atomic E-state index is 0.186. The molecule has 1 aromatic carbocycles. The Hall–Kier alpha value is -1.63. The highest BCUT2D eigenvalue weighted by Gasteiger charge is 1.92. The Labute approximate surface area is 98.5 Å². The van der Waals surface area contributed by atoms with Crippen LogP contribution in [0.4, 0.5) is 0 Å². The van der Waals surface area contributed by atoms with E-state index < -0.39 is 0 Å². The first-order valence-electron chi connectivity index (χ1n) is 5.66. The number of Topliss-reactive ketones (excluding diaryl/α,β-unsaturated/α-hetero) is 1. The molecule has 0 amide bonds. The molecule has 0 bridgehead atoms. The highest BCUT2D eigenvalue weighted by molar-refractivity contribution is 5.78. The van der Waals surface area contributed by atoms with Gasteiger partial charge in [0.1, 0.15) is 5.78 Å². The standard InChI is InChI=1S/C13H14O.C2H6/c1-12(14)11-13-9-7-5-3-2-4-6-8-10-13;1-2/h2-10H,11H2,1H3;1-2H3. The SMILES string of the molecule is CC.CC(=O)Cc1ccccccccc1. The van der Waals surface area contributed by atoms with Crippen LogP contribution in [0.1, 0.15) is 26.3 Å². The van der Waals surface area contributed by atoms with E-state index in [0.29, 0.717) is 6.42 Å². The first-order chi connectivity index (χ1) is 7.79. The van der Waals surface area contributed by atoms with Gasteiger partial charge in [0.15, 0.2) is 0 Å². The van der Waals surface area contributed by atoms with Crippen molar-refractivity contribution in [3.05, 3.63) is 60.2 Å². The smallest absolute Gasteiger partial charge is 0.134 e. The molecule has 0 radical (unpaired) electrons. The molecule has 1 heteroatoms. The molecule has 0 aliphatic carbocycles. The first-order valence-corrected chi connectivity index (χ1v) is 5.66. The predicted molar refractivity (Wildman–Crippen MR) is 69.8 cm³/mol. The van der Waals surface area contributed by atoms with E-state index in [0.717, 1.165) is 5.56 Å². The molecule has 0 fully saturated rings. The van der Waals surface area contributed by atoms with Crippen LogP contribution in [0.15, 0.2) is 54.6 Å². The molecule has 0 aliphatic heterocycles. The van der Waals surface area contributed by atoms with Crippen LogP contribution in [-0.2, 0) is 11.2 Å². The zero-order valence-electron chi connectivity index (χ0n) is 10.3. The summed E-state index contributed by atoms with van der Waals surface area (Å²) in [5.74, 6) is 0.186. The van der Waals surface area contributed by atoms with Gasteiger partial charge in [-0.25, -0.2) is 0 Å². The van der Waals surface area contributed by atoms with E-state index in [1.54, 1.807) is 6.92 Å². The molecule has 0 heterocycles. The Kier molecular flexibility index (Phi) is 8.90. The van der Waals surface area contributed by atoms with Gasteiger partial charge in [0.05, 0.1) is 0 Å². The third-order valence-electron chi connectivity index (χ3n) is 1.74. The maximum Gasteiger partial charge on any atom is 0.134 e. The topological polar surface area (TPSA) is 17.1 Å². The van der Waals surface area contributed by atoms with Crippen molar-refractivity contribution < 1.29 is 4.79 Å². The van der Waals surface area contributed by atoms with Gasteiger partial charge in [-0.1, -0.05) is 68.4 Å². The average Bonchev–Trinajstić information content (AvgIpc) is 2.29. The fraction of sp³-hybridized carbons (Fsp3) is 0.267. The van der Waals surface area contributed by atoms with E-state index in [1.165, 1.54) is 0 Å². The molecule has 0 unspecified atom stereocenters. The Morgan fingerprint density at radius 2 is 1.25 bits per heavy atom. The van der Waals surface area contributed by atoms with E-state index in [2.05, 4.69) is 0 Å². The van der Waals surface area contributed by atoms with Gasteiger partial charge in [0, 0.05) is 6.42 Å². The Bertz CT molecular complexity index is 329. The molecule has 0 atom stereocenters. The van der Waals surface area contributed by atoms with Crippen LogP contribution < -0.4 is 0 Å². The van der Waals surface area contributed by atoms with Crippen LogP contribution in [-0.4, -0.2) is 5.78 Å². The van der Waals surface area contributed by atoms with Crippen LogP contribution in [0.25, 0.3) is 0 Å². The molecule has 0 saturated carbocycles. The van der Waals surface area contributed by atoms with Gasteiger partial charge in [-0.05, 0) is 12.5 Å². The van der Waals surface area contributed by atoms with E-state index in [9.17, 15) is 4.79 Å². The highest BCUT2D eigenvalue weighted by atomic mass is 16.1. The lowest BCUT2D eigenvalue weighted by Gasteiger charge is -1.91. The minimum Gasteiger partial charge on any atom is -0.300 e. The molecule has 0 saturated heterocycles. The van der Waals surface area contributed by atoms with Gasteiger partial charge >= 0.3 is 0 Å². The summed E-state index contributed by atoms with van der Waals surface area (Å²) in [5.41, 5.74) is 1.04. The molecule has 16 heavy (non-hydrogen) atoms. The van der Waals surface area contributed by atoms with E-state index in [4.69, 9.17) is 0 Å². The lowest BCUT2D eigenvalue weighted by molar-refractivity contribution is -0.116. The maximum atomic E-state index is 10.9. The van der Waals surface area contributed by atoms with Crippen LogP contribution in [0.3, 0.4) is 0 Å². The van der Waals surface area contributed by atoms with Crippen molar-refractivity contribution in [2.24, 2.45) is 0 Å². The Morgan fingerprint density at radius 1 is 0.875 bits per heavy atom. The predicted octanol–water partition coefficient (Wildman–Crippen LogP) is 3.97. The normalized spacial score (nSPS) is 8.19. The van der Waals surface area contributed by atoms with E-state index in [1.807, 2.05) is 68.4 Å². The first kappa shape index (κ1) is 14.4. The van der Waals surface area contributed by atoms with Crippen LogP contribution >= 0.6 is 0 Å². The van der Waals surface area contributed by atoms with Crippen molar-refractivity contribution in [1.29, 1.82) is 0 Å². The Morgan fingerprint density at radius 3 is 1.62 bits per heavy atom. The van der Waals surface area contributed by atoms with Crippen molar-refractivity contribution in [2.45, 2.75) is 27.2 Å². The summed E-state index contributed by atoms with van der Waals surface area (Å²) < 4.78 is 0. The molecule has 1 nitrogen and oxygen atoms in total. The van der Waals surface area contributed by atoms with Gasteiger partial charge in [-0.2, -0.15) is 0 Å². The van der Waals surface area contributed by atoms with Crippen LogP contribution in [0.5, 0.6) is 0 Å². The van der Waals surface area contributed by atoms with Crippen molar-refractivity contribution in [3.63, 3.8) is 0 Å². The molecule has 0 N–H and O–H groups in total. The van der Waals surface area contributed by atoms with Crippen molar-refractivity contribution in [3.8, 4) is 0 Å². The van der Waals surface area contributed by atoms with Gasteiger partial charge in [-0.3, -0.25) is 4.79 Å². The van der Waals surface area contributed by atoms with E-state index in [-0.39, 0.29) is 5.78 Å². The molecule has 0 spiro atoms. The number of carbonyl (C=O) groups excluding carboxylic acids is 1. The zero-order chi connectivity index (χ0) is 12.2. The third kappa shape index (κ3) is 7.74. The number of hydrogen-bond donors (Lipinski definition) is 0. The molecule has 1 aromatic rings. The fourth-order valence-electron chi connectivity index (χ4n) is 1.14. The molecule has 0 aromatic heterocycles.